The average Bonchev–Trinajstić information content (AvgIpc) is 3.25. The molecule has 0 spiro atoms. The van der Waals surface area contributed by atoms with Gasteiger partial charge in [0.1, 0.15) is 0 Å². The number of aryl methyl sites for hydroxylation is 1. The van der Waals surface area contributed by atoms with Crippen LogP contribution in [0.1, 0.15) is 51.0 Å². The summed E-state index contributed by atoms with van der Waals surface area (Å²) in [6.07, 6.45) is 7.68. The van der Waals surface area contributed by atoms with Gasteiger partial charge in [0.15, 0.2) is 0 Å². The number of amides is 3. The molecule has 3 amide bonds. The molecule has 7 nitrogen and oxygen atoms in total. The topological polar surface area (TPSA) is 77.7 Å². The van der Waals surface area contributed by atoms with Crippen LogP contribution in [0.3, 0.4) is 0 Å². The number of nitrogens with one attached hydrogen (secondary N) is 2. The van der Waals surface area contributed by atoms with E-state index in [1.807, 2.05) is 23.2 Å². The molecule has 2 aliphatic heterocycles. The molecule has 2 fully saturated rings. The molecule has 2 aromatic rings. The van der Waals surface area contributed by atoms with E-state index in [2.05, 4.69) is 34.3 Å². The number of ether oxygens (including phenoxy) is 1. The summed E-state index contributed by atoms with van der Waals surface area (Å²) in [6.45, 7) is 5.64. The smallest absolute Gasteiger partial charge is 0.317 e. The highest BCUT2D eigenvalue weighted by Crippen LogP contribution is 2.25. The SMILES string of the molecule is CCCNC(=O)N(C1CCOCC1)C1CCN(C(=O)CCc2c[nH]c3ccccc23)CC1. The maximum absolute atomic E-state index is 12.9. The average molecular weight is 441 g/mol. The number of aromatic nitrogens is 1. The van der Waals surface area contributed by atoms with Gasteiger partial charge in [0.2, 0.25) is 5.91 Å². The maximum atomic E-state index is 12.9. The van der Waals surface area contributed by atoms with Crippen LogP contribution in [0.25, 0.3) is 10.9 Å². The minimum atomic E-state index is 0.0443. The second kappa shape index (κ2) is 10.9. The van der Waals surface area contributed by atoms with E-state index in [0.29, 0.717) is 26.2 Å². The molecule has 4 rings (SSSR count). The highest BCUT2D eigenvalue weighted by molar-refractivity contribution is 5.84. The number of hydrogen-bond acceptors (Lipinski definition) is 3. The Morgan fingerprint density at radius 2 is 1.84 bits per heavy atom. The monoisotopic (exact) mass is 440 g/mol. The van der Waals surface area contributed by atoms with Gasteiger partial charge < -0.3 is 24.8 Å². The largest absolute Gasteiger partial charge is 0.381 e. The van der Waals surface area contributed by atoms with E-state index in [9.17, 15) is 9.59 Å². The second-order valence-corrected chi connectivity index (χ2v) is 8.95. The van der Waals surface area contributed by atoms with Crippen molar-refractivity contribution in [3.05, 3.63) is 36.0 Å². The first kappa shape index (κ1) is 22.6. The molecule has 32 heavy (non-hydrogen) atoms. The number of hydrogen-bond donors (Lipinski definition) is 2. The number of carbonyl (C=O) groups excluding carboxylic acids is 2. The summed E-state index contributed by atoms with van der Waals surface area (Å²) in [5.74, 6) is 0.210. The van der Waals surface area contributed by atoms with Crippen LogP contribution in [0.15, 0.2) is 30.5 Å². The van der Waals surface area contributed by atoms with Crippen LogP contribution >= 0.6 is 0 Å². The predicted octanol–water partition coefficient (Wildman–Crippen LogP) is 3.69. The zero-order chi connectivity index (χ0) is 22.3. The van der Waals surface area contributed by atoms with Crippen molar-refractivity contribution < 1.29 is 14.3 Å². The van der Waals surface area contributed by atoms with Crippen molar-refractivity contribution in [3.8, 4) is 0 Å². The number of likely N-dealkylation sites (tertiary alicyclic amines) is 1. The first-order valence-electron chi connectivity index (χ1n) is 12.1. The summed E-state index contributed by atoms with van der Waals surface area (Å²) >= 11 is 0. The molecular weight excluding hydrogens is 404 g/mol. The Kier molecular flexibility index (Phi) is 7.68. The van der Waals surface area contributed by atoms with Gasteiger partial charge in [-0.25, -0.2) is 4.79 Å². The first-order valence-corrected chi connectivity index (χ1v) is 12.1. The third-order valence-electron chi connectivity index (χ3n) is 6.84. The van der Waals surface area contributed by atoms with Crippen LogP contribution in [-0.2, 0) is 16.0 Å². The van der Waals surface area contributed by atoms with Crippen molar-refractivity contribution in [2.75, 3.05) is 32.8 Å². The van der Waals surface area contributed by atoms with Gasteiger partial charge >= 0.3 is 6.03 Å². The maximum Gasteiger partial charge on any atom is 0.317 e. The van der Waals surface area contributed by atoms with E-state index in [4.69, 9.17) is 4.74 Å². The summed E-state index contributed by atoms with van der Waals surface area (Å²) in [7, 11) is 0. The van der Waals surface area contributed by atoms with Crippen molar-refractivity contribution in [2.45, 2.75) is 64.0 Å². The minimum Gasteiger partial charge on any atom is -0.381 e. The lowest BCUT2D eigenvalue weighted by atomic mass is 9.98. The molecule has 1 aromatic carbocycles. The number of urea groups is 1. The van der Waals surface area contributed by atoms with E-state index >= 15 is 0 Å². The van der Waals surface area contributed by atoms with Gasteiger partial charge in [0.25, 0.3) is 0 Å². The molecule has 2 N–H and O–H groups in total. The highest BCUT2D eigenvalue weighted by atomic mass is 16.5. The number of piperidine rings is 1. The molecule has 0 atom stereocenters. The molecule has 7 heteroatoms. The Morgan fingerprint density at radius 3 is 2.59 bits per heavy atom. The summed E-state index contributed by atoms with van der Waals surface area (Å²) < 4.78 is 5.52. The molecule has 2 aliphatic rings. The number of aromatic amines is 1. The fourth-order valence-electron chi connectivity index (χ4n) is 5.05. The summed E-state index contributed by atoms with van der Waals surface area (Å²) in [5, 5.41) is 4.27. The van der Waals surface area contributed by atoms with Crippen molar-refractivity contribution in [2.24, 2.45) is 0 Å². The fraction of sp³-hybridized carbons (Fsp3) is 0.600. The van der Waals surface area contributed by atoms with Gasteiger partial charge in [-0.2, -0.15) is 0 Å². The summed E-state index contributed by atoms with van der Waals surface area (Å²) in [4.78, 5) is 33.2. The zero-order valence-corrected chi connectivity index (χ0v) is 19.1. The van der Waals surface area contributed by atoms with E-state index in [0.717, 1.165) is 57.1 Å². The Morgan fingerprint density at radius 1 is 1.12 bits per heavy atom. The third kappa shape index (κ3) is 5.26. The second-order valence-electron chi connectivity index (χ2n) is 8.95. The quantitative estimate of drug-likeness (QED) is 0.689. The minimum absolute atomic E-state index is 0.0443. The van der Waals surface area contributed by atoms with Crippen LogP contribution in [0.2, 0.25) is 0 Å². The van der Waals surface area contributed by atoms with Gasteiger partial charge in [-0.3, -0.25) is 4.79 Å². The number of nitrogens with zero attached hydrogens (tertiary/aromatic N) is 2. The number of para-hydroxylation sites is 1. The van der Waals surface area contributed by atoms with Crippen molar-refractivity contribution >= 4 is 22.8 Å². The number of H-pyrrole nitrogens is 1. The first-order chi connectivity index (χ1) is 15.7. The van der Waals surface area contributed by atoms with Crippen LogP contribution in [0.4, 0.5) is 4.79 Å². The van der Waals surface area contributed by atoms with E-state index < -0.39 is 0 Å². The van der Waals surface area contributed by atoms with Gasteiger partial charge in [-0.15, -0.1) is 0 Å². The molecule has 0 aliphatic carbocycles. The third-order valence-corrected chi connectivity index (χ3v) is 6.84. The van der Waals surface area contributed by atoms with Crippen LogP contribution in [0, 0.1) is 0 Å². The Balaban J connectivity index is 1.31. The van der Waals surface area contributed by atoms with Crippen molar-refractivity contribution in [1.82, 2.24) is 20.1 Å². The molecule has 0 bridgehead atoms. The van der Waals surface area contributed by atoms with E-state index in [1.165, 1.54) is 10.9 Å². The zero-order valence-electron chi connectivity index (χ0n) is 19.1. The van der Waals surface area contributed by atoms with Crippen LogP contribution in [0.5, 0.6) is 0 Å². The number of benzene rings is 1. The molecule has 0 radical (unpaired) electrons. The van der Waals surface area contributed by atoms with Gasteiger partial charge in [0, 0.05) is 68.5 Å². The van der Waals surface area contributed by atoms with Crippen LogP contribution < -0.4 is 5.32 Å². The molecule has 0 saturated carbocycles. The van der Waals surface area contributed by atoms with Crippen molar-refractivity contribution in [3.63, 3.8) is 0 Å². The molecule has 1 aromatic heterocycles. The number of carbonyl (C=O) groups is 2. The Hall–Kier alpha value is -2.54. The number of fused-ring (bicyclic) bond motifs is 1. The number of rotatable bonds is 7. The fourth-order valence-corrected chi connectivity index (χ4v) is 5.05. The molecular formula is C25H36N4O3. The summed E-state index contributed by atoms with van der Waals surface area (Å²) in [6, 6.07) is 8.68. The van der Waals surface area contributed by atoms with Crippen LogP contribution in [-0.4, -0.2) is 71.7 Å². The summed E-state index contributed by atoms with van der Waals surface area (Å²) in [5.41, 5.74) is 2.31. The standard InChI is InChI=1S/C25H36N4O3/c1-2-13-26-25(31)29(21-11-16-32-17-12-21)20-9-14-28(15-10-20)24(30)8-7-19-18-27-23-6-4-3-5-22(19)23/h3-6,18,20-21,27H,2,7-17H2,1H3,(H,26,31). The Labute approximate surface area is 190 Å². The van der Waals surface area contributed by atoms with Gasteiger partial charge in [0.05, 0.1) is 0 Å². The normalized spacial score (nSPS) is 18.1. The predicted molar refractivity (Wildman–Crippen MR) is 126 cm³/mol. The lowest BCUT2D eigenvalue weighted by molar-refractivity contribution is -0.132. The molecule has 3 heterocycles. The molecule has 2 saturated heterocycles. The van der Waals surface area contributed by atoms with Gasteiger partial charge in [-0.05, 0) is 50.2 Å². The van der Waals surface area contributed by atoms with Crippen molar-refractivity contribution in [1.29, 1.82) is 0 Å². The molecule has 0 unspecified atom stereocenters. The lowest BCUT2D eigenvalue weighted by Gasteiger charge is -2.43. The lowest BCUT2D eigenvalue weighted by Crippen LogP contribution is -2.56. The molecule has 174 valence electrons. The Bertz CT molecular complexity index is 897. The highest BCUT2D eigenvalue weighted by Gasteiger charge is 2.34. The van der Waals surface area contributed by atoms with E-state index in [1.54, 1.807) is 0 Å². The van der Waals surface area contributed by atoms with E-state index in [-0.39, 0.29) is 24.0 Å². The van der Waals surface area contributed by atoms with Gasteiger partial charge in [-0.1, -0.05) is 25.1 Å².